The Hall–Kier alpha value is -2.07. The van der Waals surface area contributed by atoms with Crippen molar-refractivity contribution in [1.82, 2.24) is 0 Å². The van der Waals surface area contributed by atoms with E-state index >= 15 is 0 Å². The molecule has 0 aromatic heterocycles. The molecule has 0 saturated carbocycles. The van der Waals surface area contributed by atoms with Crippen LogP contribution in [-0.2, 0) is 0 Å². The lowest BCUT2D eigenvalue weighted by molar-refractivity contribution is 0.105. The maximum Gasteiger partial charge on any atom is 0.167 e. The summed E-state index contributed by atoms with van der Waals surface area (Å²) in [7, 11) is 1.56. The first-order valence-electron chi connectivity index (χ1n) is 6.31. The van der Waals surface area contributed by atoms with E-state index in [4.69, 9.17) is 9.47 Å². The summed E-state index contributed by atoms with van der Waals surface area (Å²) in [6, 6.07) is 12.0. The number of ether oxygens (including phenoxy) is 2. The van der Waals surface area contributed by atoms with E-state index in [1.54, 1.807) is 56.5 Å². The maximum atomic E-state index is 13.7. The summed E-state index contributed by atoms with van der Waals surface area (Å²) in [5.41, 5.74) is 1.18. The van der Waals surface area contributed by atoms with Gasteiger partial charge in [-0.1, -0.05) is 24.3 Å². The largest absolute Gasteiger partial charge is 0.497 e. The second kappa shape index (κ2) is 6.39. The Morgan fingerprint density at radius 1 is 1.20 bits per heavy atom. The number of halogens is 1. The van der Waals surface area contributed by atoms with Crippen LogP contribution in [0.2, 0.25) is 0 Å². The van der Waals surface area contributed by atoms with Gasteiger partial charge in [0.25, 0.3) is 0 Å². The molecule has 2 rings (SSSR count). The van der Waals surface area contributed by atoms with Gasteiger partial charge in [0.2, 0.25) is 0 Å². The molecule has 0 aliphatic carbocycles. The van der Waals surface area contributed by atoms with Crippen LogP contribution in [-0.4, -0.2) is 18.8 Å². The van der Waals surface area contributed by atoms with E-state index in [0.29, 0.717) is 16.9 Å². The van der Waals surface area contributed by atoms with E-state index < -0.39 is 11.9 Å². The fourth-order valence-electron chi connectivity index (χ4n) is 1.85. The first kappa shape index (κ1) is 14.3. The number of rotatable bonds is 5. The number of aliphatic hydroxyl groups is 1. The zero-order valence-electron chi connectivity index (χ0n) is 11.5. The van der Waals surface area contributed by atoms with Crippen LogP contribution < -0.4 is 9.47 Å². The van der Waals surface area contributed by atoms with Gasteiger partial charge in [-0.05, 0) is 36.2 Å². The minimum Gasteiger partial charge on any atom is -0.497 e. The summed E-state index contributed by atoms with van der Waals surface area (Å²) in [5.74, 6) is 0.403. The molecule has 0 radical (unpaired) electrons. The van der Waals surface area contributed by atoms with Gasteiger partial charge in [0.1, 0.15) is 18.5 Å². The molecule has 2 aromatic rings. The average molecular weight is 276 g/mol. The third-order valence-corrected chi connectivity index (χ3v) is 3.03. The normalized spacial score (nSPS) is 12.0. The fraction of sp³-hybridized carbons (Fsp3) is 0.250. The van der Waals surface area contributed by atoms with Crippen LogP contribution in [0.25, 0.3) is 0 Å². The van der Waals surface area contributed by atoms with Crippen molar-refractivity contribution in [3.8, 4) is 11.5 Å². The summed E-state index contributed by atoms with van der Waals surface area (Å²) < 4.78 is 24.2. The monoisotopic (exact) mass is 276 g/mol. The van der Waals surface area contributed by atoms with Crippen LogP contribution in [0.5, 0.6) is 11.5 Å². The van der Waals surface area contributed by atoms with Crippen LogP contribution in [0.15, 0.2) is 42.5 Å². The maximum absolute atomic E-state index is 13.7. The van der Waals surface area contributed by atoms with Gasteiger partial charge in [0.15, 0.2) is 11.6 Å². The van der Waals surface area contributed by atoms with Crippen molar-refractivity contribution in [2.75, 3.05) is 13.7 Å². The predicted molar refractivity (Wildman–Crippen MR) is 74.6 cm³/mol. The van der Waals surface area contributed by atoms with Gasteiger partial charge in [-0.3, -0.25) is 0 Å². The van der Waals surface area contributed by atoms with Crippen LogP contribution in [0.4, 0.5) is 4.39 Å². The van der Waals surface area contributed by atoms with Gasteiger partial charge in [0, 0.05) is 0 Å². The number of benzene rings is 2. The van der Waals surface area contributed by atoms with Gasteiger partial charge in [-0.2, -0.15) is 0 Å². The fourth-order valence-corrected chi connectivity index (χ4v) is 1.85. The number of hydrogen-bond acceptors (Lipinski definition) is 3. The highest BCUT2D eigenvalue weighted by atomic mass is 19.1. The summed E-state index contributed by atoms with van der Waals surface area (Å²) in [6.45, 7) is 1.65. The molecule has 0 saturated heterocycles. The van der Waals surface area contributed by atoms with E-state index in [0.717, 1.165) is 0 Å². The van der Waals surface area contributed by atoms with Crippen molar-refractivity contribution < 1.29 is 19.0 Å². The Morgan fingerprint density at radius 2 is 1.95 bits per heavy atom. The Bertz CT molecular complexity index is 584. The topological polar surface area (TPSA) is 38.7 Å². The molecular weight excluding hydrogens is 259 g/mol. The Balaban J connectivity index is 2.04. The Kier molecular flexibility index (Phi) is 4.58. The van der Waals surface area contributed by atoms with E-state index in [9.17, 15) is 9.50 Å². The lowest BCUT2D eigenvalue weighted by atomic mass is 10.1. The van der Waals surface area contributed by atoms with Crippen LogP contribution in [0.3, 0.4) is 0 Å². The Labute approximate surface area is 117 Å². The highest BCUT2D eigenvalue weighted by Gasteiger charge is 2.12. The Morgan fingerprint density at radius 3 is 2.70 bits per heavy atom. The molecule has 0 aliphatic rings. The van der Waals surface area contributed by atoms with Crippen molar-refractivity contribution in [3.05, 3.63) is 59.4 Å². The minimum absolute atomic E-state index is 0.0203. The highest BCUT2D eigenvalue weighted by Crippen LogP contribution is 2.23. The molecule has 0 heterocycles. The molecule has 0 amide bonds. The lowest BCUT2D eigenvalue weighted by Crippen LogP contribution is -2.10. The minimum atomic E-state index is -0.843. The number of aryl methyl sites for hydroxylation is 1. The zero-order chi connectivity index (χ0) is 14.5. The first-order chi connectivity index (χ1) is 9.61. The van der Waals surface area contributed by atoms with Crippen LogP contribution >= 0.6 is 0 Å². The summed E-state index contributed by atoms with van der Waals surface area (Å²) in [4.78, 5) is 0. The van der Waals surface area contributed by atoms with Crippen molar-refractivity contribution in [1.29, 1.82) is 0 Å². The third kappa shape index (κ3) is 3.27. The molecule has 0 aliphatic heterocycles. The first-order valence-corrected chi connectivity index (χ1v) is 6.31. The molecule has 20 heavy (non-hydrogen) atoms. The second-order valence-electron chi connectivity index (χ2n) is 4.49. The lowest BCUT2D eigenvalue weighted by Gasteiger charge is -2.14. The van der Waals surface area contributed by atoms with E-state index in [1.165, 1.54) is 0 Å². The van der Waals surface area contributed by atoms with Gasteiger partial charge in [-0.25, -0.2) is 4.39 Å². The molecule has 0 bridgehead atoms. The van der Waals surface area contributed by atoms with Gasteiger partial charge < -0.3 is 14.6 Å². The van der Waals surface area contributed by atoms with Crippen LogP contribution in [0.1, 0.15) is 17.2 Å². The molecule has 2 aromatic carbocycles. The van der Waals surface area contributed by atoms with Gasteiger partial charge >= 0.3 is 0 Å². The molecule has 4 heteroatoms. The summed E-state index contributed by atoms with van der Waals surface area (Å²) in [5, 5.41) is 10.1. The molecule has 1 N–H and O–H groups in total. The molecule has 3 nitrogen and oxygen atoms in total. The third-order valence-electron chi connectivity index (χ3n) is 3.03. The predicted octanol–water partition coefficient (Wildman–Crippen LogP) is 3.26. The van der Waals surface area contributed by atoms with Gasteiger partial charge in [0.05, 0.1) is 7.11 Å². The van der Waals surface area contributed by atoms with E-state index in [-0.39, 0.29) is 12.4 Å². The molecule has 0 fully saturated rings. The molecule has 1 atom stereocenters. The van der Waals surface area contributed by atoms with Crippen LogP contribution in [0, 0.1) is 12.7 Å². The highest BCUT2D eigenvalue weighted by molar-refractivity contribution is 5.31. The van der Waals surface area contributed by atoms with Gasteiger partial charge in [-0.15, -0.1) is 0 Å². The average Bonchev–Trinajstić information content (AvgIpc) is 2.48. The molecular formula is C16H17FO3. The van der Waals surface area contributed by atoms with Crippen molar-refractivity contribution >= 4 is 0 Å². The quantitative estimate of drug-likeness (QED) is 0.911. The van der Waals surface area contributed by atoms with Crippen molar-refractivity contribution in [2.45, 2.75) is 13.0 Å². The number of aliphatic hydroxyl groups excluding tert-OH is 1. The molecule has 106 valence electrons. The van der Waals surface area contributed by atoms with Crippen molar-refractivity contribution in [2.24, 2.45) is 0 Å². The summed E-state index contributed by atoms with van der Waals surface area (Å²) >= 11 is 0. The summed E-state index contributed by atoms with van der Waals surface area (Å²) in [6.07, 6.45) is -0.843. The van der Waals surface area contributed by atoms with E-state index in [1.807, 2.05) is 0 Å². The smallest absolute Gasteiger partial charge is 0.167 e. The number of methoxy groups -OCH3 is 1. The standard InChI is InChI=1S/C16H17FO3/c1-11-5-3-8-15(16(11)17)20-10-14(18)12-6-4-7-13(9-12)19-2/h3-9,14,18H,10H2,1-2H3. The molecule has 0 spiro atoms. The molecule has 1 unspecified atom stereocenters. The van der Waals surface area contributed by atoms with E-state index in [2.05, 4.69) is 0 Å². The second-order valence-corrected chi connectivity index (χ2v) is 4.49. The zero-order valence-corrected chi connectivity index (χ0v) is 11.5. The number of hydrogen-bond donors (Lipinski definition) is 1. The van der Waals surface area contributed by atoms with Crippen molar-refractivity contribution in [3.63, 3.8) is 0 Å². The SMILES string of the molecule is COc1cccc(C(O)COc2cccc(C)c2F)c1.